The van der Waals surface area contributed by atoms with Gasteiger partial charge in [0.2, 0.25) is 5.91 Å². The predicted molar refractivity (Wildman–Crippen MR) is 80.5 cm³/mol. The van der Waals surface area contributed by atoms with Crippen LogP contribution in [-0.2, 0) is 4.79 Å². The largest absolute Gasteiger partial charge is 0.384 e. The Morgan fingerprint density at radius 1 is 1.38 bits per heavy atom. The van der Waals surface area contributed by atoms with E-state index < -0.39 is 11.4 Å². The number of nitrogens with one attached hydrogen (secondary N) is 1. The van der Waals surface area contributed by atoms with E-state index in [-0.39, 0.29) is 18.9 Å². The quantitative estimate of drug-likeness (QED) is 0.713. The molecule has 4 N–H and O–H groups in total. The van der Waals surface area contributed by atoms with E-state index in [1.807, 2.05) is 6.92 Å². The fourth-order valence-corrected chi connectivity index (χ4v) is 1.94. The van der Waals surface area contributed by atoms with Crippen molar-refractivity contribution in [3.63, 3.8) is 0 Å². The Balaban J connectivity index is 2.89. The highest BCUT2D eigenvalue weighted by molar-refractivity contribution is 5.95. The third-order valence-corrected chi connectivity index (χ3v) is 2.86. The monoisotopic (exact) mass is 288 g/mol. The first-order valence-electron chi connectivity index (χ1n) is 6.56. The van der Waals surface area contributed by atoms with Crippen LogP contribution in [0.1, 0.15) is 41.8 Å². The molecule has 0 saturated heterocycles. The molecule has 1 aromatic rings. The van der Waals surface area contributed by atoms with Crippen LogP contribution in [0.15, 0.2) is 18.2 Å². The minimum atomic E-state index is -0.702. The number of hydrogen-bond donors (Lipinski definition) is 3. The van der Waals surface area contributed by atoms with E-state index in [0.29, 0.717) is 5.56 Å². The number of aliphatic hydroxyl groups is 1. The maximum atomic E-state index is 12.2. The van der Waals surface area contributed by atoms with Crippen LogP contribution in [0.5, 0.6) is 0 Å². The van der Waals surface area contributed by atoms with E-state index in [1.165, 1.54) is 0 Å². The van der Waals surface area contributed by atoms with Crippen LogP contribution >= 0.6 is 0 Å². The molecule has 0 aliphatic rings. The average molecular weight is 288 g/mol. The van der Waals surface area contributed by atoms with Crippen molar-refractivity contribution in [1.82, 2.24) is 5.32 Å². The van der Waals surface area contributed by atoms with Crippen molar-refractivity contribution in [1.29, 1.82) is 0 Å². The first kappa shape index (κ1) is 16.7. The summed E-state index contributed by atoms with van der Waals surface area (Å²) in [5.74, 6) is 4.64. The maximum absolute atomic E-state index is 12.2. The summed E-state index contributed by atoms with van der Waals surface area (Å²) in [6.07, 6.45) is 0.0672. The molecule has 5 heteroatoms. The molecule has 0 bridgehead atoms. The Hall–Kier alpha value is -2.32. The van der Waals surface area contributed by atoms with E-state index in [0.717, 1.165) is 11.1 Å². The van der Waals surface area contributed by atoms with Crippen molar-refractivity contribution >= 4 is 11.8 Å². The summed E-state index contributed by atoms with van der Waals surface area (Å²) in [6, 6.07) is 5.11. The van der Waals surface area contributed by atoms with Crippen molar-refractivity contribution in [3.05, 3.63) is 34.9 Å². The first-order valence-corrected chi connectivity index (χ1v) is 6.56. The Bertz CT molecular complexity index is 610. The molecule has 2 amide bonds. The highest BCUT2D eigenvalue weighted by atomic mass is 16.2. The van der Waals surface area contributed by atoms with Gasteiger partial charge in [0.1, 0.15) is 6.61 Å². The highest BCUT2D eigenvalue weighted by Gasteiger charge is 2.23. The zero-order valence-electron chi connectivity index (χ0n) is 12.5. The molecule has 1 aromatic carbocycles. The molecule has 0 atom stereocenters. The SMILES string of the molecule is Cc1cc(C(=O)NC(C)(C)CC(N)=O)ccc1C#CCO. The van der Waals surface area contributed by atoms with Crippen LogP contribution in [0.25, 0.3) is 0 Å². The molecule has 0 unspecified atom stereocenters. The number of carbonyl (C=O) groups is 2. The van der Waals surface area contributed by atoms with Gasteiger partial charge >= 0.3 is 0 Å². The zero-order chi connectivity index (χ0) is 16.0. The molecule has 21 heavy (non-hydrogen) atoms. The summed E-state index contributed by atoms with van der Waals surface area (Å²) in [7, 11) is 0. The smallest absolute Gasteiger partial charge is 0.251 e. The maximum Gasteiger partial charge on any atom is 0.251 e. The number of benzene rings is 1. The van der Waals surface area contributed by atoms with Crippen LogP contribution in [0.3, 0.4) is 0 Å². The van der Waals surface area contributed by atoms with Crippen LogP contribution in [0.2, 0.25) is 0 Å². The third kappa shape index (κ3) is 5.28. The number of carbonyl (C=O) groups excluding carboxylic acids is 2. The molecular weight excluding hydrogens is 268 g/mol. The number of hydrogen-bond acceptors (Lipinski definition) is 3. The van der Waals surface area contributed by atoms with Crippen LogP contribution in [0, 0.1) is 18.8 Å². The molecule has 0 heterocycles. The second kappa shape index (κ2) is 6.91. The number of aryl methyl sites for hydroxylation is 1. The third-order valence-electron chi connectivity index (χ3n) is 2.86. The second-order valence-corrected chi connectivity index (χ2v) is 5.47. The minimum absolute atomic E-state index is 0.0672. The minimum Gasteiger partial charge on any atom is -0.384 e. The lowest BCUT2D eigenvalue weighted by Crippen LogP contribution is -2.46. The fourth-order valence-electron chi connectivity index (χ4n) is 1.94. The molecule has 0 saturated carbocycles. The molecule has 5 nitrogen and oxygen atoms in total. The predicted octanol–water partition coefficient (Wildman–Crippen LogP) is 0.723. The standard InChI is InChI=1S/C16H20N2O3/c1-11-9-13(7-6-12(11)5-4-8-19)15(21)18-16(2,3)10-14(17)20/h6-7,9,19H,8,10H2,1-3H3,(H2,17,20)(H,18,21). The molecule has 0 aliphatic heterocycles. The Morgan fingerprint density at radius 3 is 2.57 bits per heavy atom. The van der Waals surface area contributed by atoms with E-state index in [4.69, 9.17) is 10.8 Å². The summed E-state index contributed by atoms with van der Waals surface area (Å²) < 4.78 is 0. The van der Waals surface area contributed by atoms with Gasteiger partial charge in [-0.25, -0.2) is 0 Å². The Kier molecular flexibility index (Phi) is 5.51. The lowest BCUT2D eigenvalue weighted by atomic mass is 9.98. The zero-order valence-corrected chi connectivity index (χ0v) is 12.5. The van der Waals surface area contributed by atoms with Gasteiger partial charge < -0.3 is 16.2 Å². The number of primary amides is 1. The topological polar surface area (TPSA) is 92.4 Å². The Morgan fingerprint density at radius 2 is 2.05 bits per heavy atom. The molecule has 0 fully saturated rings. The van der Waals surface area contributed by atoms with Gasteiger partial charge in [0, 0.05) is 23.1 Å². The fraction of sp³-hybridized carbons (Fsp3) is 0.375. The van der Waals surface area contributed by atoms with Gasteiger partial charge in [0.05, 0.1) is 0 Å². The van der Waals surface area contributed by atoms with Gasteiger partial charge in [-0.3, -0.25) is 9.59 Å². The van der Waals surface area contributed by atoms with Crippen molar-refractivity contribution in [2.24, 2.45) is 5.73 Å². The van der Waals surface area contributed by atoms with Gasteiger partial charge in [-0.05, 0) is 44.5 Å². The molecule has 0 spiro atoms. The van der Waals surface area contributed by atoms with Crippen LogP contribution in [0.4, 0.5) is 0 Å². The normalized spacial score (nSPS) is 10.5. The van der Waals surface area contributed by atoms with E-state index >= 15 is 0 Å². The lowest BCUT2D eigenvalue weighted by molar-refractivity contribution is -0.119. The van der Waals surface area contributed by atoms with Crippen molar-refractivity contribution in [2.75, 3.05) is 6.61 Å². The number of nitrogens with two attached hydrogens (primary N) is 1. The van der Waals surface area contributed by atoms with Gasteiger partial charge in [-0.15, -0.1) is 0 Å². The van der Waals surface area contributed by atoms with E-state index in [1.54, 1.807) is 32.0 Å². The Labute approximate surface area is 124 Å². The second-order valence-electron chi connectivity index (χ2n) is 5.47. The molecule has 112 valence electrons. The molecule has 0 radical (unpaired) electrons. The van der Waals surface area contributed by atoms with Crippen LogP contribution < -0.4 is 11.1 Å². The number of rotatable bonds is 4. The molecular formula is C16H20N2O3. The summed E-state index contributed by atoms with van der Waals surface area (Å²) >= 11 is 0. The first-order chi connectivity index (χ1) is 9.75. The summed E-state index contributed by atoms with van der Waals surface area (Å²) in [6.45, 7) is 5.11. The van der Waals surface area contributed by atoms with Gasteiger partial charge in [0.25, 0.3) is 5.91 Å². The van der Waals surface area contributed by atoms with E-state index in [9.17, 15) is 9.59 Å². The molecule has 1 rings (SSSR count). The summed E-state index contributed by atoms with van der Waals surface area (Å²) in [5, 5.41) is 11.5. The van der Waals surface area contributed by atoms with Gasteiger partial charge in [-0.2, -0.15) is 0 Å². The number of amides is 2. The average Bonchev–Trinajstić information content (AvgIpc) is 2.34. The molecule has 0 aliphatic carbocycles. The van der Waals surface area contributed by atoms with Gasteiger partial charge in [0.15, 0.2) is 0 Å². The number of aliphatic hydroxyl groups excluding tert-OH is 1. The van der Waals surface area contributed by atoms with Crippen molar-refractivity contribution < 1.29 is 14.7 Å². The van der Waals surface area contributed by atoms with Crippen LogP contribution in [-0.4, -0.2) is 29.1 Å². The molecule has 0 aromatic heterocycles. The van der Waals surface area contributed by atoms with Crippen molar-refractivity contribution in [3.8, 4) is 11.8 Å². The lowest BCUT2D eigenvalue weighted by Gasteiger charge is -2.24. The van der Waals surface area contributed by atoms with Crippen molar-refractivity contribution in [2.45, 2.75) is 32.7 Å². The van der Waals surface area contributed by atoms with Gasteiger partial charge in [-0.1, -0.05) is 11.8 Å². The summed E-state index contributed by atoms with van der Waals surface area (Å²) in [4.78, 5) is 23.1. The highest BCUT2D eigenvalue weighted by Crippen LogP contribution is 2.13. The van der Waals surface area contributed by atoms with E-state index in [2.05, 4.69) is 17.2 Å². The summed E-state index contributed by atoms with van der Waals surface area (Å²) in [5.41, 5.74) is 6.55.